The molecule has 0 bridgehead atoms. The Morgan fingerprint density at radius 1 is 0.639 bits per heavy atom. The zero-order valence-corrected chi connectivity index (χ0v) is 23.6. The van der Waals surface area contributed by atoms with E-state index >= 15 is 0 Å². The number of hydrogen-bond acceptors (Lipinski definition) is 4. The fraction of sp³-hybridized carbons (Fsp3) is 0.452. The van der Waals surface area contributed by atoms with Crippen LogP contribution < -0.4 is 10.4 Å². The molecule has 4 rings (SSSR count). The fourth-order valence-corrected chi connectivity index (χ4v) is 4.34. The molecule has 0 spiro atoms. The minimum Gasteiger partial charge on any atom is -0.399 e. The second kappa shape index (κ2) is 9.04. The Bertz CT molecular complexity index is 1130. The lowest BCUT2D eigenvalue weighted by Gasteiger charge is -2.32. The second-order valence-corrected chi connectivity index (χ2v) is 13.0. The third-order valence-corrected chi connectivity index (χ3v) is 7.51. The van der Waals surface area contributed by atoms with Crippen molar-refractivity contribution in [3.8, 4) is 0 Å². The van der Waals surface area contributed by atoms with Crippen molar-refractivity contribution < 1.29 is 9.31 Å². The molecule has 190 valence electrons. The first kappa shape index (κ1) is 26.4. The SMILES string of the molecule is CC(C)(C)c1ccc(N(c2ccc(C(C)(C)C)cc2)c2cncc(B3OC(C)(C)C(C)(C)O3)c2)cc1. The maximum Gasteiger partial charge on any atom is 0.496 e. The third kappa shape index (κ3) is 5.23. The number of pyridine rings is 1. The highest BCUT2D eigenvalue weighted by Crippen LogP contribution is 2.38. The van der Waals surface area contributed by atoms with Crippen LogP contribution in [-0.4, -0.2) is 23.3 Å². The Hall–Kier alpha value is -2.63. The van der Waals surface area contributed by atoms with Crippen LogP contribution in [0.3, 0.4) is 0 Å². The molecule has 0 N–H and O–H groups in total. The van der Waals surface area contributed by atoms with E-state index in [0.717, 1.165) is 22.5 Å². The van der Waals surface area contributed by atoms with Gasteiger partial charge in [-0.1, -0.05) is 65.8 Å². The average molecular weight is 484 g/mol. The molecule has 36 heavy (non-hydrogen) atoms. The Balaban J connectivity index is 1.77. The van der Waals surface area contributed by atoms with Crippen LogP contribution in [0.1, 0.15) is 80.4 Å². The molecule has 0 radical (unpaired) electrons. The van der Waals surface area contributed by atoms with Gasteiger partial charge in [0.15, 0.2) is 0 Å². The number of nitrogens with zero attached hydrogens (tertiary/aromatic N) is 2. The van der Waals surface area contributed by atoms with Crippen molar-refractivity contribution in [3.05, 3.63) is 78.1 Å². The minimum absolute atomic E-state index is 0.0932. The smallest absolute Gasteiger partial charge is 0.399 e. The van der Waals surface area contributed by atoms with Gasteiger partial charge in [0.25, 0.3) is 0 Å². The molecule has 0 saturated carbocycles. The zero-order chi connectivity index (χ0) is 26.5. The molecule has 5 heteroatoms. The summed E-state index contributed by atoms with van der Waals surface area (Å²) < 4.78 is 12.6. The van der Waals surface area contributed by atoms with Crippen LogP contribution in [0.25, 0.3) is 0 Å². The van der Waals surface area contributed by atoms with Crippen LogP contribution in [0, 0.1) is 0 Å². The highest BCUT2D eigenvalue weighted by atomic mass is 16.7. The summed E-state index contributed by atoms with van der Waals surface area (Å²) >= 11 is 0. The normalized spacial score (nSPS) is 17.3. The molecule has 2 heterocycles. The van der Waals surface area contributed by atoms with Gasteiger partial charge in [-0.2, -0.15) is 0 Å². The van der Waals surface area contributed by atoms with Gasteiger partial charge in [-0.15, -0.1) is 0 Å². The molecule has 1 fully saturated rings. The Kier molecular flexibility index (Phi) is 6.64. The van der Waals surface area contributed by atoms with Crippen molar-refractivity contribution in [2.45, 2.75) is 91.3 Å². The number of aromatic nitrogens is 1. The van der Waals surface area contributed by atoms with Crippen LogP contribution in [0.2, 0.25) is 0 Å². The van der Waals surface area contributed by atoms with E-state index in [1.165, 1.54) is 11.1 Å². The minimum atomic E-state index is -0.462. The molecule has 1 aliphatic heterocycles. The number of benzene rings is 2. The molecule has 4 nitrogen and oxygen atoms in total. The van der Waals surface area contributed by atoms with E-state index in [2.05, 4.69) is 134 Å². The quantitative estimate of drug-likeness (QED) is 0.361. The lowest BCUT2D eigenvalue weighted by molar-refractivity contribution is 0.00578. The predicted octanol–water partition coefficient (Wildman–Crippen LogP) is 7.45. The van der Waals surface area contributed by atoms with Gasteiger partial charge in [-0.05, 0) is 80.0 Å². The van der Waals surface area contributed by atoms with Gasteiger partial charge in [0.2, 0.25) is 0 Å². The summed E-state index contributed by atoms with van der Waals surface area (Å²) in [6, 6.07) is 19.8. The van der Waals surface area contributed by atoms with E-state index in [4.69, 9.17) is 9.31 Å². The zero-order valence-electron chi connectivity index (χ0n) is 23.6. The van der Waals surface area contributed by atoms with Gasteiger partial charge < -0.3 is 14.2 Å². The molecule has 1 saturated heterocycles. The highest BCUT2D eigenvalue weighted by molar-refractivity contribution is 6.62. The van der Waals surface area contributed by atoms with Crippen LogP contribution in [0.4, 0.5) is 17.1 Å². The summed E-state index contributed by atoms with van der Waals surface area (Å²) in [6.07, 6.45) is 3.75. The lowest BCUT2D eigenvalue weighted by atomic mass is 9.80. The Morgan fingerprint density at radius 2 is 1.06 bits per heavy atom. The standard InChI is InChI=1S/C31H41BN2O2/c1-28(2,3)22-11-15-25(16-12-22)34(26-17-13-23(14-18-26)29(4,5)6)27-19-24(20-33-21-27)32-35-30(7,8)31(9,10)36-32/h11-21H,1-10H3. The first-order valence-corrected chi connectivity index (χ1v) is 12.9. The summed E-state index contributed by atoms with van der Waals surface area (Å²) in [4.78, 5) is 6.86. The number of anilines is 3. The molecule has 0 unspecified atom stereocenters. The van der Waals surface area contributed by atoms with Crippen molar-refractivity contribution in [1.29, 1.82) is 0 Å². The van der Waals surface area contributed by atoms with Crippen molar-refractivity contribution >= 4 is 29.6 Å². The summed E-state index contributed by atoms with van der Waals surface area (Å²) in [6.45, 7) is 21.7. The van der Waals surface area contributed by atoms with Gasteiger partial charge in [0.1, 0.15) is 0 Å². The first-order chi connectivity index (χ1) is 16.6. The van der Waals surface area contributed by atoms with E-state index < -0.39 is 18.3 Å². The molecular formula is C31H41BN2O2. The lowest BCUT2D eigenvalue weighted by Crippen LogP contribution is -2.41. The van der Waals surface area contributed by atoms with Crippen molar-refractivity contribution in [2.24, 2.45) is 0 Å². The Labute approximate surface area is 218 Å². The monoisotopic (exact) mass is 484 g/mol. The molecule has 0 amide bonds. The maximum absolute atomic E-state index is 6.32. The van der Waals surface area contributed by atoms with Crippen LogP contribution in [0.5, 0.6) is 0 Å². The van der Waals surface area contributed by atoms with Gasteiger partial charge >= 0.3 is 7.12 Å². The van der Waals surface area contributed by atoms with Gasteiger partial charge in [0, 0.05) is 23.0 Å². The molecule has 1 aliphatic rings. The maximum atomic E-state index is 6.32. The van der Waals surface area contributed by atoms with E-state index in [1.54, 1.807) is 0 Å². The van der Waals surface area contributed by atoms with Crippen molar-refractivity contribution in [1.82, 2.24) is 4.98 Å². The summed E-state index contributed by atoms with van der Waals surface area (Å²) in [5.41, 5.74) is 6.03. The predicted molar refractivity (Wildman–Crippen MR) is 152 cm³/mol. The second-order valence-electron chi connectivity index (χ2n) is 13.0. The first-order valence-electron chi connectivity index (χ1n) is 12.9. The van der Waals surface area contributed by atoms with E-state index in [0.29, 0.717) is 0 Å². The molecule has 3 aromatic rings. The Morgan fingerprint density at radius 3 is 1.44 bits per heavy atom. The van der Waals surface area contributed by atoms with E-state index in [-0.39, 0.29) is 10.8 Å². The van der Waals surface area contributed by atoms with Gasteiger partial charge in [-0.3, -0.25) is 4.98 Å². The molecule has 0 atom stereocenters. The summed E-state index contributed by atoms with van der Waals surface area (Å²) in [5.74, 6) is 0. The van der Waals surface area contributed by atoms with Gasteiger partial charge in [-0.25, -0.2) is 0 Å². The van der Waals surface area contributed by atoms with Crippen molar-refractivity contribution in [2.75, 3.05) is 4.90 Å². The number of hydrogen-bond donors (Lipinski definition) is 0. The highest BCUT2D eigenvalue weighted by Gasteiger charge is 2.51. The van der Waals surface area contributed by atoms with Crippen LogP contribution in [0.15, 0.2) is 67.0 Å². The molecular weight excluding hydrogens is 443 g/mol. The summed E-state index contributed by atoms with van der Waals surface area (Å²) in [7, 11) is -0.462. The topological polar surface area (TPSA) is 34.6 Å². The number of rotatable bonds is 4. The van der Waals surface area contributed by atoms with Crippen molar-refractivity contribution in [3.63, 3.8) is 0 Å². The average Bonchev–Trinajstić information content (AvgIpc) is 3.01. The molecule has 2 aromatic carbocycles. The largest absolute Gasteiger partial charge is 0.496 e. The third-order valence-electron chi connectivity index (χ3n) is 7.51. The summed E-state index contributed by atoms with van der Waals surface area (Å²) in [5, 5.41) is 0. The van der Waals surface area contributed by atoms with E-state index in [1.807, 2.05) is 12.4 Å². The molecule has 0 aliphatic carbocycles. The van der Waals surface area contributed by atoms with Crippen LogP contribution in [-0.2, 0) is 20.1 Å². The fourth-order valence-electron chi connectivity index (χ4n) is 4.34. The van der Waals surface area contributed by atoms with E-state index in [9.17, 15) is 0 Å². The molecule has 1 aromatic heterocycles. The van der Waals surface area contributed by atoms with Crippen LogP contribution >= 0.6 is 0 Å². The van der Waals surface area contributed by atoms with Gasteiger partial charge in [0.05, 0.1) is 23.1 Å².